The summed E-state index contributed by atoms with van der Waals surface area (Å²) in [7, 11) is 5.05. The van der Waals surface area contributed by atoms with E-state index >= 15 is 0 Å². The van der Waals surface area contributed by atoms with Gasteiger partial charge in [0.2, 0.25) is 5.88 Å². The summed E-state index contributed by atoms with van der Waals surface area (Å²) in [5, 5.41) is 4.84. The van der Waals surface area contributed by atoms with Crippen LogP contribution in [0.25, 0.3) is 11.3 Å². The largest absolute Gasteiger partial charge is 0.497 e. The standard InChI is InChI=1S/C31H33N3O5/c1-33-31(39-28-17-8-7-16-27(28)37-3)26(29(32-33)22-11-5-4-6-12-22)21-34(20-25-15-10-18-38-25)30(35)23-13-9-14-24(19-23)36-2/h4-9,11-14,16-17,19,25H,10,15,18,20-21H2,1-3H3. The van der Waals surface area contributed by atoms with Gasteiger partial charge in [-0.2, -0.15) is 5.10 Å². The molecular formula is C31H33N3O5. The zero-order valence-corrected chi connectivity index (χ0v) is 22.5. The molecule has 2 heterocycles. The molecule has 0 saturated carbocycles. The van der Waals surface area contributed by atoms with E-state index in [2.05, 4.69) is 0 Å². The quantitative estimate of drug-likeness (QED) is 0.263. The Morgan fingerprint density at radius 1 is 1.00 bits per heavy atom. The molecule has 4 aromatic rings. The molecule has 5 rings (SSSR count). The highest BCUT2D eigenvalue weighted by Gasteiger charge is 2.29. The van der Waals surface area contributed by atoms with E-state index in [1.807, 2.05) is 78.7 Å². The molecule has 3 aromatic carbocycles. The molecular weight excluding hydrogens is 494 g/mol. The van der Waals surface area contributed by atoms with E-state index in [9.17, 15) is 4.79 Å². The van der Waals surface area contributed by atoms with Gasteiger partial charge < -0.3 is 23.8 Å². The lowest BCUT2D eigenvalue weighted by Crippen LogP contribution is -2.37. The van der Waals surface area contributed by atoms with Gasteiger partial charge in [-0.15, -0.1) is 0 Å². The SMILES string of the molecule is COc1cccc(C(=O)N(Cc2c(-c3ccccc3)nn(C)c2Oc2ccccc2OC)CC2CCCO2)c1. The van der Waals surface area contributed by atoms with Crippen LogP contribution in [0.3, 0.4) is 0 Å². The van der Waals surface area contributed by atoms with Crippen molar-refractivity contribution in [2.24, 2.45) is 7.05 Å². The number of benzene rings is 3. The van der Waals surface area contributed by atoms with Gasteiger partial charge in [0.05, 0.1) is 32.4 Å². The molecule has 1 atom stereocenters. The van der Waals surface area contributed by atoms with Crippen molar-refractivity contribution in [3.8, 4) is 34.4 Å². The van der Waals surface area contributed by atoms with Gasteiger partial charge >= 0.3 is 0 Å². The lowest BCUT2D eigenvalue weighted by Gasteiger charge is -2.26. The van der Waals surface area contributed by atoms with Crippen molar-refractivity contribution >= 4 is 5.91 Å². The minimum Gasteiger partial charge on any atom is -0.497 e. The van der Waals surface area contributed by atoms with Crippen LogP contribution >= 0.6 is 0 Å². The predicted octanol–water partition coefficient (Wildman–Crippen LogP) is 5.72. The second-order valence-electron chi connectivity index (χ2n) is 9.43. The molecule has 0 aliphatic carbocycles. The Labute approximate surface area is 228 Å². The van der Waals surface area contributed by atoms with Crippen molar-refractivity contribution in [2.75, 3.05) is 27.4 Å². The maximum atomic E-state index is 14.0. The van der Waals surface area contributed by atoms with Crippen LogP contribution in [0.15, 0.2) is 78.9 Å². The average molecular weight is 528 g/mol. The number of nitrogens with zero attached hydrogens (tertiary/aromatic N) is 3. The van der Waals surface area contributed by atoms with Crippen LogP contribution in [-0.4, -0.2) is 54.1 Å². The fourth-order valence-corrected chi connectivity index (χ4v) is 4.84. The minimum atomic E-state index is -0.115. The molecule has 0 N–H and O–H groups in total. The Bertz CT molecular complexity index is 1410. The van der Waals surface area contributed by atoms with E-state index in [-0.39, 0.29) is 18.6 Å². The number of para-hydroxylation sites is 2. The van der Waals surface area contributed by atoms with Gasteiger partial charge in [0.1, 0.15) is 11.4 Å². The Morgan fingerprint density at radius 2 is 1.77 bits per heavy atom. The molecule has 1 aromatic heterocycles. The number of rotatable bonds is 10. The van der Waals surface area contributed by atoms with Gasteiger partial charge in [0.15, 0.2) is 11.5 Å². The van der Waals surface area contributed by atoms with Crippen LogP contribution < -0.4 is 14.2 Å². The molecule has 8 nitrogen and oxygen atoms in total. The Hall–Kier alpha value is -4.30. The first-order valence-electron chi connectivity index (χ1n) is 13.0. The lowest BCUT2D eigenvalue weighted by molar-refractivity contribution is 0.0506. The zero-order valence-electron chi connectivity index (χ0n) is 22.5. The highest BCUT2D eigenvalue weighted by atomic mass is 16.5. The molecule has 202 valence electrons. The fourth-order valence-electron chi connectivity index (χ4n) is 4.84. The first kappa shape index (κ1) is 26.3. The van der Waals surface area contributed by atoms with Crippen LogP contribution in [0.5, 0.6) is 23.1 Å². The third-order valence-corrected chi connectivity index (χ3v) is 6.81. The van der Waals surface area contributed by atoms with E-state index in [1.165, 1.54) is 0 Å². The van der Waals surface area contributed by atoms with E-state index in [0.717, 1.165) is 29.7 Å². The Balaban J connectivity index is 1.58. The van der Waals surface area contributed by atoms with Crippen LogP contribution in [0.2, 0.25) is 0 Å². The van der Waals surface area contributed by atoms with Gasteiger partial charge in [-0.05, 0) is 43.2 Å². The number of aromatic nitrogens is 2. The second-order valence-corrected chi connectivity index (χ2v) is 9.43. The smallest absolute Gasteiger partial charge is 0.254 e. The van der Waals surface area contributed by atoms with E-state index in [0.29, 0.717) is 41.8 Å². The maximum absolute atomic E-state index is 14.0. The number of ether oxygens (including phenoxy) is 4. The van der Waals surface area contributed by atoms with Crippen molar-refractivity contribution in [3.05, 3.63) is 90.0 Å². The number of methoxy groups -OCH3 is 2. The summed E-state index contributed by atoms with van der Waals surface area (Å²) >= 11 is 0. The third kappa shape index (κ3) is 5.91. The molecule has 1 saturated heterocycles. The summed E-state index contributed by atoms with van der Waals surface area (Å²) in [4.78, 5) is 15.8. The minimum absolute atomic E-state index is 0.0324. The average Bonchev–Trinajstić information content (AvgIpc) is 3.61. The second kappa shape index (κ2) is 12.0. The number of hydrogen-bond acceptors (Lipinski definition) is 6. The highest BCUT2D eigenvalue weighted by molar-refractivity contribution is 5.94. The molecule has 1 unspecified atom stereocenters. The summed E-state index contributed by atoms with van der Waals surface area (Å²) in [5.41, 5.74) is 3.02. The van der Waals surface area contributed by atoms with Crippen LogP contribution in [0.1, 0.15) is 28.8 Å². The summed E-state index contributed by atoms with van der Waals surface area (Å²) < 4.78 is 25.0. The molecule has 1 aliphatic rings. The first-order chi connectivity index (χ1) is 19.1. The number of carbonyl (C=O) groups excluding carboxylic acids is 1. The maximum Gasteiger partial charge on any atom is 0.254 e. The number of amides is 1. The molecule has 8 heteroatoms. The topological polar surface area (TPSA) is 75.1 Å². The van der Waals surface area contributed by atoms with Crippen molar-refractivity contribution < 1.29 is 23.7 Å². The van der Waals surface area contributed by atoms with Gasteiger partial charge in [-0.1, -0.05) is 48.5 Å². The zero-order chi connectivity index (χ0) is 27.2. The van der Waals surface area contributed by atoms with Crippen LogP contribution in [0.4, 0.5) is 0 Å². The predicted molar refractivity (Wildman–Crippen MR) is 148 cm³/mol. The highest BCUT2D eigenvalue weighted by Crippen LogP contribution is 2.37. The van der Waals surface area contributed by atoms with E-state index < -0.39 is 0 Å². The van der Waals surface area contributed by atoms with Crippen molar-refractivity contribution in [3.63, 3.8) is 0 Å². The normalized spacial score (nSPS) is 14.7. The monoisotopic (exact) mass is 527 g/mol. The van der Waals surface area contributed by atoms with E-state index in [1.54, 1.807) is 31.0 Å². The summed E-state index contributed by atoms with van der Waals surface area (Å²) in [6.45, 7) is 1.43. The number of aryl methyl sites for hydroxylation is 1. The molecule has 1 aliphatic heterocycles. The third-order valence-electron chi connectivity index (χ3n) is 6.81. The molecule has 1 amide bonds. The van der Waals surface area contributed by atoms with Crippen molar-refractivity contribution in [1.29, 1.82) is 0 Å². The molecule has 39 heavy (non-hydrogen) atoms. The van der Waals surface area contributed by atoms with Crippen LogP contribution in [0, 0.1) is 0 Å². The molecule has 0 bridgehead atoms. The first-order valence-corrected chi connectivity index (χ1v) is 13.0. The van der Waals surface area contributed by atoms with Crippen LogP contribution in [-0.2, 0) is 18.3 Å². The Morgan fingerprint density at radius 3 is 2.49 bits per heavy atom. The fraction of sp³-hybridized carbons (Fsp3) is 0.290. The molecule has 0 spiro atoms. The summed E-state index contributed by atoms with van der Waals surface area (Å²) in [5.74, 6) is 2.22. The Kier molecular flexibility index (Phi) is 8.13. The van der Waals surface area contributed by atoms with Gasteiger partial charge in [-0.25, -0.2) is 4.68 Å². The molecule has 0 radical (unpaired) electrons. The van der Waals surface area contributed by atoms with Gasteiger partial charge in [0, 0.05) is 31.3 Å². The van der Waals surface area contributed by atoms with E-state index in [4.69, 9.17) is 24.0 Å². The van der Waals surface area contributed by atoms with Crippen molar-refractivity contribution in [1.82, 2.24) is 14.7 Å². The summed E-state index contributed by atoms with van der Waals surface area (Å²) in [6.07, 6.45) is 1.86. The van der Waals surface area contributed by atoms with Gasteiger partial charge in [0.25, 0.3) is 5.91 Å². The lowest BCUT2D eigenvalue weighted by atomic mass is 10.1. The van der Waals surface area contributed by atoms with Crippen molar-refractivity contribution in [2.45, 2.75) is 25.5 Å². The molecule has 1 fully saturated rings. The summed E-state index contributed by atoms with van der Waals surface area (Å²) in [6, 6.07) is 24.6. The number of hydrogen-bond donors (Lipinski definition) is 0. The van der Waals surface area contributed by atoms with Gasteiger partial charge in [-0.3, -0.25) is 4.79 Å². The number of carbonyl (C=O) groups is 1.